The third-order valence-electron chi connectivity index (χ3n) is 5.30. The van der Waals surface area contributed by atoms with Gasteiger partial charge in [0.1, 0.15) is 17.7 Å². The van der Waals surface area contributed by atoms with Gasteiger partial charge in [0.05, 0.1) is 5.52 Å². The van der Waals surface area contributed by atoms with E-state index in [1.54, 1.807) is 11.2 Å². The summed E-state index contributed by atoms with van der Waals surface area (Å²) >= 11 is 0. The number of amides is 1. The molecule has 0 unspecified atom stereocenters. The molecule has 7 heteroatoms. The van der Waals surface area contributed by atoms with E-state index in [1.807, 2.05) is 20.8 Å². The molecular formula is C21H29N5O2. The van der Waals surface area contributed by atoms with Crippen LogP contribution in [-0.2, 0) is 4.74 Å². The van der Waals surface area contributed by atoms with Crippen LogP contribution < -0.4 is 9.80 Å². The average Bonchev–Trinajstić information content (AvgIpc) is 3.20. The quantitative estimate of drug-likeness (QED) is 0.793. The van der Waals surface area contributed by atoms with Gasteiger partial charge in [0.25, 0.3) is 0 Å². The molecule has 2 aliphatic heterocycles. The standard InChI is InChI=1S/C21H29N5O2/c1-21(2,3)28-20(27)26-12-10-24(11-13-26)16-6-7-17-18(14-16)22-15-23-19(17)25-8-4-5-9-25/h6-7,14-15H,4-5,8-13H2,1-3H3. The lowest BCUT2D eigenvalue weighted by Crippen LogP contribution is -2.50. The van der Waals surface area contributed by atoms with Gasteiger partial charge < -0.3 is 19.4 Å². The molecule has 7 nitrogen and oxygen atoms in total. The second kappa shape index (κ2) is 7.45. The Hall–Kier alpha value is -2.57. The lowest BCUT2D eigenvalue weighted by Gasteiger charge is -2.36. The predicted molar refractivity (Wildman–Crippen MR) is 111 cm³/mol. The highest BCUT2D eigenvalue weighted by Crippen LogP contribution is 2.29. The average molecular weight is 383 g/mol. The van der Waals surface area contributed by atoms with Gasteiger partial charge in [0.15, 0.2) is 0 Å². The Morgan fingerprint density at radius 2 is 1.68 bits per heavy atom. The normalized spacial score (nSPS) is 18.0. The van der Waals surface area contributed by atoms with Crippen molar-refractivity contribution in [2.45, 2.75) is 39.2 Å². The highest BCUT2D eigenvalue weighted by Gasteiger charge is 2.26. The van der Waals surface area contributed by atoms with Crippen molar-refractivity contribution in [1.82, 2.24) is 14.9 Å². The van der Waals surface area contributed by atoms with Crippen molar-refractivity contribution in [3.8, 4) is 0 Å². The molecule has 28 heavy (non-hydrogen) atoms. The van der Waals surface area contributed by atoms with E-state index in [0.29, 0.717) is 13.1 Å². The SMILES string of the molecule is CC(C)(C)OC(=O)N1CCN(c2ccc3c(N4CCCC4)ncnc3c2)CC1. The summed E-state index contributed by atoms with van der Waals surface area (Å²) in [7, 11) is 0. The zero-order chi connectivity index (χ0) is 19.7. The van der Waals surface area contributed by atoms with E-state index >= 15 is 0 Å². The third kappa shape index (κ3) is 3.98. The third-order valence-corrected chi connectivity index (χ3v) is 5.30. The van der Waals surface area contributed by atoms with Crippen LogP contribution in [-0.4, -0.2) is 65.8 Å². The van der Waals surface area contributed by atoms with Crippen molar-refractivity contribution in [3.63, 3.8) is 0 Å². The van der Waals surface area contributed by atoms with E-state index in [-0.39, 0.29) is 6.09 Å². The molecular weight excluding hydrogens is 354 g/mol. The monoisotopic (exact) mass is 383 g/mol. The summed E-state index contributed by atoms with van der Waals surface area (Å²) in [6.45, 7) is 10.7. The molecule has 0 N–H and O–H groups in total. The van der Waals surface area contributed by atoms with Crippen LogP contribution in [0, 0.1) is 0 Å². The number of benzene rings is 1. The van der Waals surface area contributed by atoms with E-state index in [1.165, 1.54) is 12.8 Å². The first-order chi connectivity index (χ1) is 13.4. The number of piperazine rings is 1. The first kappa shape index (κ1) is 18.8. The Morgan fingerprint density at radius 3 is 2.36 bits per heavy atom. The Balaban J connectivity index is 1.46. The van der Waals surface area contributed by atoms with Gasteiger partial charge in [-0.1, -0.05) is 0 Å². The highest BCUT2D eigenvalue weighted by atomic mass is 16.6. The molecule has 0 atom stereocenters. The fourth-order valence-corrected chi connectivity index (χ4v) is 3.88. The molecule has 0 saturated carbocycles. The summed E-state index contributed by atoms with van der Waals surface area (Å²) in [5.74, 6) is 1.05. The number of carbonyl (C=O) groups is 1. The molecule has 2 aliphatic rings. The minimum atomic E-state index is -0.459. The Bertz CT molecular complexity index is 849. The summed E-state index contributed by atoms with van der Waals surface area (Å²) in [5, 5.41) is 1.11. The van der Waals surface area contributed by atoms with Crippen LogP contribution >= 0.6 is 0 Å². The van der Waals surface area contributed by atoms with Crippen molar-refractivity contribution in [3.05, 3.63) is 24.5 Å². The maximum atomic E-state index is 12.3. The van der Waals surface area contributed by atoms with Crippen LogP contribution in [0.5, 0.6) is 0 Å². The van der Waals surface area contributed by atoms with E-state index in [2.05, 4.69) is 38.0 Å². The van der Waals surface area contributed by atoms with Gasteiger partial charge >= 0.3 is 6.09 Å². The van der Waals surface area contributed by atoms with Crippen LogP contribution in [0.15, 0.2) is 24.5 Å². The molecule has 0 spiro atoms. The summed E-state index contributed by atoms with van der Waals surface area (Å²) in [4.78, 5) is 27.7. The second-order valence-electron chi connectivity index (χ2n) is 8.55. The van der Waals surface area contributed by atoms with Crippen LogP contribution in [0.4, 0.5) is 16.3 Å². The van der Waals surface area contributed by atoms with Crippen molar-refractivity contribution in [1.29, 1.82) is 0 Å². The minimum Gasteiger partial charge on any atom is -0.444 e. The maximum Gasteiger partial charge on any atom is 0.410 e. The molecule has 1 aromatic carbocycles. The number of nitrogens with zero attached hydrogens (tertiary/aromatic N) is 5. The largest absolute Gasteiger partial charge is 0.444 e. The lowest BCUT2D eigenvalue weighted by molar-refractivity contribution is 0.0240. The van der Waals surface area contributed by atoms with Gasteiger partial charge in [-0.15, -0.1) is 0 Å². The summed E-state index contributed by atoms with van der Waals surface area (Å²) < 4.78 is 5.48. The van der Waals surface area contributed by atoms with Crippen molar-refractivity contribution >= 4 is 28.5 Å². The zero-order valence-electron chi connectivity index (χ0n) is 17.0. The van der Waals surface area contributed by atoms with Crippen LogP contribution in [0.2, 0.25) is 0 Å². The molecule has 0 radical (unpaired) electrons. The number of anilines is 2. The van der Waals surface area contributed by atoms with Crippen molar-refractivity contribution in [2.75, 3.05) is 49.1 Å². The van der Waals surface area contributed by atoms with E-state index in [4.69, 9.17) is 4.74 Å². The fraction of sp³-hybridized carbons (Fsp3) is 0.571. The first-order valence-electron chi connectivity index (χ1n) is 10.1. The molecule has 2 fully saturated rings. The van der Waals surface area contributed by atoms with Gasteiger partial charge in [-0.3, -0.25) is 0 Å². The molecule has 150 valence electrons. The maximum absolute atomic E-state index is 12.3. The van der Waals surface area contributed by atoms with Gasteiger partial charge in [0, 0.05) is 50.3 Å². The Morgan fingerprint density at radius 1 is 0.964 bits per heavy atom. The number of fused-ring (bicyclic) bond motifs is 1. The Kier molecular flexibility index (Phi) is 5.00. The number of hydrogen-bond donors (Lipinski definition) is 0. The van der Waals surface area contributed by atoms with Gasteiger partial charge in [-0.2, -0.15) is 0 Å². The highest BCUT2D eigenvalue weighted by molar-refractivity contribution is 5.91. The topological polar surface area (TPSA) is 61.8 Å². The van der Waals surface area contributed by atoms with Gasteiger partial charge in [-0.25, -0.2) is 14.8 Å². The van der Waals surface area contributed by atoms with Crippen molar-refractivity contribution in [2.24, 2.45) is 0 Å². The molecule has 3 heterocycles. The van der Waals surface area contributed by atoms with Crippen LogP contribution in [0.1, 0.15) is 33.6 Å². The van der Waals surface area contributed by atoms with Gasteiger partial charge in [-0.05, 0) is 51.8 Å². The summed E-state index contributed by atoms with van der Waals surface area (Å²) in [6.07, 6.45) is 3.89. The fourth-order valence-electron chi connectivity index (χ4n) is 3.88. The summed E-state index contributed by atoms with van der Waals surface area (Å²) in [5.41, 5.74) is 1.66. The number of carbonyl (C=O) groups excluding carboxylic acids is 1. The predicted octanol–water partition coefficient (Wildman–Crippen LogP) is 3.29. The zero-order valence-corrected chi connectivity index (χ0v) is 17.0. The molecule has 1 amide bonds. The van der Waals surface area contributed by atoms with E-state index in [9.17, 15) is 4.79 Å². The lowest BCUT2D eigenvalue weighted by atomic mass is 10.1. The molecule has 2 aromatic rings. The Labute approximate surface area is 166 Å². The minimum absolute atomic E-state index is 0.228. The number of ether oxygens (including phenoxy) is 1. The number of rotatable bonds is 2. The first-order valence-corrected chi connectivity index (χ1v) is 10.1. The van der Waals surface area contributed by atoms with Crippen molar-refractivity contribution < 1.29 is 9.53 Å². The summed E-state index contributed by atoms with van der Waals surface area (Å²) in [6, 6.07) is 6.42. The van der Waals surface area contributed by atoms with Crippen LogP contribution in [0.3, 0.4) is 0 Å². The van der Waals surface area contributed by atoms with Gasteiger partial charge in [0.2, 0.25) is 0 Å². The second-order valence-corrected chi connectivity index (χ2v) is 8.55. The molecule has 2 saturated heterocycles. The molecule has 0 bridgehead atoms. The van der Waals surface area contributed by atoms with E-state index < -0.39 is 5.60 Å². The van der Waals surface area contributed by atoms with E-state index in [0.717, 1.165) is 48.6 Å². The smallest absolute Gasteiger partial charge is 0.410 e. The van der Waals surface area contributed by atoms with Crippen LogP contribution in [0.25, 0.3) is 10.9 Å². The number of hydrogen-bond acceptors (Lipinski definition) is 6. The molecule has 4 rings (SSSR count). The molecule has 1 aromatic heterocycles. The molecule has 0 aliphatic carbocycles. The number of aromatic nitrogens is 2.